The minimum absolute atomic E-state index is 0.639. The quantitative estimate of drug-likeness (QED) is 0.619. The molecule has 0 bridgehead atoms. The number of nitrogens with one attached hydrogen (secondary N) is 1. The first-order valence-corrected chi connectivity index (χ1v) is 8.19. The number of ether oxygens (including phenoxy) is 1. The van der Waals surface area contributed by atoms with E-state index in [1.165, 1.54) is 44.1 Å². The number of rotatable bonds is 7. The van der Waals surface area contributed by atoms with Gasteiger partial charge in [-0.3, -0.25) is 0 Å². The molecule has 1 aromatic rings. The molecule has 1 N–H and O–H groups in total. The topological polar surface area (TPSA) is 37.4 Å². The molecule has 0 atom stereocenters. The summed E-state index contributed by atoms with van der Waals surface area (Å²) < 4.78 is 5.08. The highest BCUT2D eigenvalue weighted by Crippen LogP contribution is 2.26. The number of nitrogens with zero attached hydrogens (tertiary/aromatic N) is 2. The van der Waals surface area contributed by atoms with Crippen LogP contribution in [0.3, 0.4) is 0 Å². The highest BCUT2D eigenvalue weighted by Gasteiger charge is 2.19. The molecule has 0 spiro atoms. The Bertz CT molecular complexity index is 403. The van der Waals surface area contributed by atoms with Gasteiger partial charge in [0, 0.05) is 45.0 Å². The van der Waals surface area contributed by atoms with Crippen LogP contribution in [0.25, 0.3) is 0 Å². The monoisotopic (exact) mass is 291 g/mol. The van der Waals surface area contributed by atoms with Gasteiger partial charge in [0.1, 0.15) is 5.82 Å². The zero-order valence-corrected chi connectivity index (χ0v) is 13.5. The maximum Gasteiger partial charge on any atom is 0.132 e. The first-order valence-electron chi connectivity index (χ1n) is 8.19. The van der Waals surface area contributed by atoms with Crippen LogP contribution in [-0.4, -0.2) is 38.3 Å². The molecule has 1 fully saturated rings. The van der Waals surface area contributed by atoms with Crippen LogP contribution in [0.4, 0.5) is 5.82 Å². The van der Waals surface area contributed by atoms with Gasteiger partial charge in [0.15, 0.2) is 0 Å². The molecule has 21 heavy (non-hydrogen) atoms. The summed E-state index contributed by atoms with van der Waals surface area (Å²) in [6, 6.07) is 4.84. The summed E-state index contributed by atoms with van der Waals surface area (Å²) in [5, 5.41) is 3.42. The van der Waals surface area contributed by atoms with Crippen molar-refractivity contribution in [2.75, 3.05) is 32.2 Å². The van der Waals surface area contributed by atoms with Crippen LogP contribution in [0.2, 0.25) is 0 Å². The number of methoxy groups -OCH3 is 1. The third kappa shape index (κ3) is 4.97. The Morgan fingerprint density at radius 3 is 2.76 bits per heavy atom. The molecular weight excluding hydrogens is 262 g/mol. The molecule has 2 rings (SSSR count). The predicted octanol–water partition coefficient (Wildman–Crippen LogP) is 2.98. The highest BCUT2D eigenvalue weighted by molar-refractivity contribution is 5.47. The van der Waals surface area contributed by atoms with Gasteiger partial charge in [-0.25, -0.2) is 4.98 Å². The summed E-state index contributed by atoms with van der Waals surface area (Å²) in [5.74, 6) is 1.13. The molecule has 4 heteroatoms. The maximum absolute atomic E-state index is 5.08. The van der Waals surface area contributed by atoms with Gasteiger partial charge in [0.2, 0.25) is 0 Å². The van der Waals surface area contributed by atoms with Gasteiger partial charge in [-0.05, 0) is 18.9 Å². The number of anilines is 1. The summed E-state index contributed by atoms with van der Waals surface area (Å²) in [6.45, 7) is 2.47. The molecule has 0 amide bonds. The molecule has 1 aliphatic carbocycles. The molecule has 4 nitrogen and oxygen atoms in total. The molecule has 1 heterocycles. The molecular formula is C17H29N3O. The van der Waals surface area contributed by atoms with Crippen LogP contribution < -0.4 is 10.2 Å². The number of aromatic nitrogens is 1. The fourth-order valence-electron chi connectivity index (χ4n) is 3.10. The largest absolute Gasteiger partial charge is 0.383 e. The third-order valence-electron chi connectivity index (χ3n) is 4.37. The molecule has 1 aliphatic rings. The Labute approximate surface area is 128 Å². The maximum atomic E-state index is 5.08. The van der Waals surface area contributed by atoms with Crippen LogP contribution in [0.15, 0.2) is 18.3 Å². The standard InChI is InChI=1S/C17H29N3O/c1-20(16-9-5-3-4-6-10-16)17-15(8-7-11-19-17)14-18-12-13-21-2/h7-8,11,16,18H,3-6,9-10,12-14H2,1-2H3. The van der Waals surface area contributed by atoms with Crippen LogP contribution in [0, 0.1) is 0 Å². The van der Waals surface area contributed by atoms with Crippen LogP contribution in [0.5, 0.6) is 0 Å². The lowest BCUT2D eigenvalue weighted by molar-refractivity contribution is 0.199. The smallest absolute Gasteiger partial charge is 0.132 e. The van der Waals surface area contributed by atoms with Crippen LogP contribution >= 0.6 is 0 Å². The predicted molar refractivity (Wildman–Crippen MR) is 87.7 cm³/mol. The number of pyridine rings is 1. The Balaban J connectivity index is 1.99. The normalized spacial score (nSPS) is 16.7. The van der Waals surface area contributed by atoms with E-state index in [1.54, 1.807) is 7.11 Å². The van der Waals surface area contributed by atoms with E-state index in [2.05, 4.69) is 28.3 Å². The minimum Gasteiger partial charge on any atom is -0.383 e. The minimum atomic E-state index is 0.639. The molecule has 1 saturated carbocycles. The molecule has 0 unspecified atom stereocenters. The van der Waals surface area contributed by atoms with Gasteiger partial charge in [-0.2, -0.15) is 0 Å². The van der Waals surface area contributed by atoms with Crippen molar-refractivity contribution in [2.45, 2.75) is 51.1 Å². The van der Waals surface area contributed by atoms with E-state index in [4.69, 9.17) is 4.74 Å². The summed E-state index contributed by atoms with van der Waals surface area (Å²) in [7, 11) is 3.94. The Morgan fingerprint density at radius 1 is 1.29 bits per heavy atom. The summed E-state index contributed by atoms with van der Waals surface area (Å²) in [6.07, 6.45) is 9.97. The third-order valence-corrected chi connectivity index (χ3v) is 4.37. The van der Waals surface area contributed by atoms with Gasteiger partial charge >= 0.3 is 0 Å². The SMILES string of the molecule is COCCNCc1cccnc1N(C)C1CCCCCC1. The molecule has 0 radical (unpaired) electrons. The first-order chi connectivity index (χ1) is 10.3. The molecule has 1 aromatic heterocycles. The van der Waals surface area contributed by atoms with Crippen molar-refractivity contribution in [3.63, 3.8) is 0 Å². The van der Waals surface area contributed by atoms with E-state index in [-0.39, 0.29) is 0 Å². The van der Waals surface area contributed by atoms with Crippen molar-refractivity contribution >= 4 is 5.82 Å². The van der Waals surface area contributed by atoms with E-state index < -0.39 is 0 Å². The molecule has 118 valence electrons. The van der Waals surface area contributed by atoms with Gasteiger partial charge in [0.25, 0.3) is 0 Å². The Hall–Kier alpha value is -1.13. The Kier molecular flexibility index (Phi) is 6.96. The average molecular weight is 291 g/mol. The van der Waals surface area contributed by atoms with Gasteiger partial charge in [-0.1, -0.05) is 31.7 Å². The lowest BCUT2D eigenvalue weighted by Crippen LogP contribution is -2.33. The summed E-state index contributed by atoms with van der Waals surface area (Å²) >= 11 is 0. The number of hydrogen-bond acceptors (Lipinski definition) is 4. The second-order valence-corrected chi connectivity index (χ2v) is 5.91. The summed E-state index contributed by atoms with van der Waals surface area (Å²) in [4.78, 5) is 7.04. The van der Waals surface area contributed by atoms with Crippen molar-refractivity contribution in [1.29, 1.82) is 0 Å². The van der Waals surface area contributed by atoms with Crippen LogP contribution in [0.1, 0.15) is 44.1 Å². The van der Waals surface area contributed by atoms with E-state index in [1.807, 2.05) is 12.3 Å². The molecule has 0 aromatic carbocycles. The fraction of sp³-hybridized carbons (Fsp3) is 0.706. The lowest BCUT2D eigenvalue weighted by atomic mass is 10.1. The van der Waals surface area contributed by atoms with Crippen molar-refractivity contribution in [3.05, 3.63) is 23.9 Å². The number of hydrogen-bond donors (Lipinski definition) is 1. The van der Waals surface area contributed by atoms with Crippen molar-refractivity contribution in [2.24, 2.45) is 0 Å². The van der Waals surface area contributed by atoms with Crippen molar-refractivity contribution < 1.29 is 4.74 Å². The van der Waals surface area contributed by atoms with Gasteiger partial charge in [-0.15, -0.1) is 0 Å². The summed E-state index contributed by atoms with van der Waals surface area (Å²) in [5.41, 5.74) is 1.28. The Morgan fingerprint density at radius 2 is 2.05 bits per heavy atom. The van der Waals surface area contributed by atoms with Crippen molar-refractivity contribution in [1.82, 2.24) is 10.3 Å². The zero-order chi connectivity index (χ0) is 14.9. The second-order valence-electron chi connectivity index (χ2n) is 5.91. The van der Waals surface area contributed by atoms with E-state index in [0.717, 1.165) is 25.5 Å². The van der Waals surface area contributed by atoms with Gasteiger partial charge < -0.3 is 15.0 Å². The second kappa shape index (κ2) is 9.00. The molecule has 0 aliphatic heterocycles. The first kappa shape index (κ1) is 16.2. The van der Waals surface area contributed by atoms with E-state index in [9.17, 15) is 0 Å². The van der Waals surface area contributed by atoms with Gasteiger partial charge in [0.05, 0.1) is 6.61 Å². The average Bonchev–Trinajstić information content (AvgIpc) is 2.80. The van der Waals surface area contributed by atoms with E-state index in [0.29, 0.717) is 6.04 Å². The lowest BCUT2D eigenvalue weighted by Gasteiger charge is -2.30. The molecule has 0 saturated heterocycles. The highest BCUT2D eigenvalue weighted by atomic mass is 16.5. The fourth-order valence-corrected chi connectivity index (χ4v) is 3.10. The van der Waals surface area contributed by atoms with Crippen LogP contribution in [-0.2, 0) is 11.3 Å². The van der Waals surface area contributed by atoms with Crippen molar-refractivity contribution in [3.8, 4) is 0 Å². The zero-order valence-electron chi connectivity index (χ0n) is 13.5. The van der Waals surface area contributed by atoms with E-state index >= 15 is 0 Å².